The lowest BCUT2D eigenvalue weighted by Gasteiger charge is -2.49. The lowest BCUT2D eigenvalue weighted by molar-refractivity contribution is -0.00670. The summed E-state index contributed by atoms with van der Waals surface area (Å²) in [5.41, 5.74) is 1.50. The van der Waals surface area contributed by atoms with Crippen LogP contribution in [0.2, 0.25) is 0 Å². The van der Waals surface area contributed by atoms with Crippen molar-refractivity contribution in [1.29, 1.82) is 0 Å². The molecule has 2 aromatic rings. The zero-order valence-corrected chi connectivity index (χ0v) is 14.1. The Morgan fingerprint density at radius 3 is 2.88 bits per heavy atom. The van der Waals surface area contributed by atoms with Gasteiger partial charge in [-0.3, -0.25) is 14.6 Å². The van der Waals surface area contributed by atoms with E-state index >= 15 is 0 Å². The number of rotatable bonds is 3. The van der Waals surface area contributed by atoms with Gasteiger partial charge in [0.25, 0.3) is 0 Å². The highest BCUT2D eigenvalue weighted by atomic mass is 19.1. The Bertz CT molecular complexity index is 797. The molecule has 2 aliphatic rings. The van der Waals surface area contributed by atoms with E-state index in [0.29, 0.717) is 23.0 Å². The molecule has 0 saturated carbocycles. The van der Waals surface area contributed by atoms with Crippen LogP contribution in [0.3, 0.4) is 0 Å². The number of piperidine rings is 1. The van der Waals surface area contributed by atoms with Crippen LogP contribution in [0.25, 0.3) is 10.9 Å². The van der Waals surface area contributed by atoms with Gasteiger partial charge in [0.1, 0.15) is 5.82 Å². The minimum Gasteiger partial charge on any atom is -0.357 e. The van der Waals surface area contributed by atoms with Gasteiger partial charge in [-0.15, -0.1) is 0 Å². The predicted molar refractivity (Wildman–Crippen MR) is 93.6 cm³/mol. The van der Waals surface area contributed by atoms with Crippen LogP contribution in [0, 0.1) is 5.82 Å². The highest BCUT2D eigenvalue weighted by Crippen LogP contribution is 2.25. The van der Waals surface area contributed by atoms with Crippen LogP contribution in [0.4, 0.5) is 4.39 Å². The first-order valence-electron chi connectivity index (χ1n) is 8.90. The SMILES string of the molecule is C[C@@H]1CCCCN1C1CN(Cc2cc(=O)c3cc(F)ccc3[nH]2)C1. The molecule has 3 heterocycles. The van der Waals surface area contributed by atoms with Crippen molar-refractivity contribution >= 4 is 10.9 Å². The average molecular weight is 329 g/mol. The molecule has 1 N–H and O–H groups in total. The van der Waals surface area contributed by atoms with E-state index in [1.165, 1.54) is 37.9 Å². The molecule has 0 aliphatic carbocycles. The van der Waals surface area contributed by atoms with Gasteiger partial charge < -0.3 is 4.98 Å². The highest BCUT2D eigenvalue weighted by molar-refractivity contribution is 5.78. The second-order valence-corrected chi connectivity index (χ2v) is 7.28. The number of hydrogen-bond acceptors (Lipinski definition) is 3. The van der Waals surface area contributed by atoms with E-state index in [0.717, 1.165) is 25.3 Å². The summed E-state index contributed by atoms with van der Waals surface area (Å²) in [6.45, 7) is 6.43. The van der Waals surface area contributed by atoms with Crippen LogP contribution in [0.1, 0.15) is 31.9 Å². The maximum absolute atomic E-state index is 13.3. The summed E-state index contributed by atoms with van der Waals surface area (Å²) in [5.74, 6) is -0.373. The normalized spacial score (nSPS) is 23.5. The van der Waals surface area contributed by atoms with E-state index in [2.05, 4.69) is 21.7 Å². The van der Waals surface area contributed by atoms with Crippen molar-refractivity contribution < 1.29 is 4.39 Å². The van der Waals surface area contributed by atoms with Gasteiger partial charge in [-0.2, -0.15) is 0 Å². The summed E-state index contributed by atoms with van der Waals surface area (Å²) >= 11 is 0. The molecule has 1 aromatic carbocycles. The molecule has 0 radical (unpaired) electrons. The zero-order valence-electron chi connectivity index (χ0n) is 14.1. The summed E-state index contributed by atoms with van der Waals surface area (Å²) < 4.78 is 13.3. The minimum absolute atomic E-state index is 0.111. The quantitative estimate of drug-likeness (QED) is 0.941. The summed E-state index contributed by atoms with van der Waals surface area (Å²) in [5, 5.41) is 0.419. The number of benzene rings is 1. The molecule has 128 valence electrons. The number of likely N-dealkylation sites (tertiary alicyclic amines) is 2. The van der Waals surface area contributed by atoms with Gasteiger partial charge in [0.15, 0.2) is 5.43 Å². The third-order valence-corrected chi connectivity index (χ3v) is 5.50. The Labute approximate surface area is 141 Å². The van der Waals surface area contributed by atoms with Gasteiger partial charge in [0, 0.05) is 54.4 Å². The molecule has 2 fully saturated rings. The smallest absolute Gasteiger partial charge is 0.189 e. The fraction of sp³-hybridized carbons (Fsp3) is 0.526. The molecule has 0 amide bonds. The molecule has 5 heteroatoms. The lowest BCUT2D eigenvalue weighted by atomic mass is 9.97. The van der Waals surface area contributed by atoms with Gasteiger partial charge in [0.2, 0.25) is 0 Å². The maximum Gasteiger partial charge on any atom is 0.189 e. The molecular weight excluding hydrogens is 305 g/mol. The number of H-pyrrole nitrogens is 1. The first-order chi connectivity index (χ1) is 11.6. The Kier molecular flexibility index (Phi) is 4.14. The second-order valence-electron chi connectivity index (χ2n) is 7.28. The van der Waals surface area contributed by atoms with E-state index in [1.807, 2.05) is 0 Å². The summed E-state index contributed by atoms with van der Waals surface area (Å²) in [7, 11) is 0. The summed E-state index contributed by atoms with van der Waals surface area (Å²) in [6.07, 6.45) is 3.98. The van der Waals surface area contributed by atoms with Crippen LogP contribution in [-0.2, 0) is 6.54 Å². The highest BCUT2D eigenvalue weighted by Gasteiger charge is 2.34. The summed E-state index contributed by atoms with van der Waals surface area (Å²) in [4.78, 5) is 20.5. The second kappa shape index (κ2) is 6.30. The van der Waals surface area contributed by atoms with Crippen LogP contribution >= 0.6 is 0 Å². The fourth-order valence-corrected chi connectivity index (χ4v) is 4.14. The van der Waals surface area contributed by atoms with Crippen molar-refractivity contribution in [2.75, 3.05) is 19.6 Å². The van der Waals surface area contributed by atoms with E-state index in [1.54, 1.807) is 12.1 Å². The van der Waals surface area contributed by atoms with E-state index in [-0.39, 0.29) is 11.2 Å². The number of halogens is 1. The fourth-order valence-electron chi connectivity index (χ4n) is 4.14. The van der Waals surface area contributed by atoms with Crippen LogP contribution in [0.5, 0.6) is 0 Å². The molecule has 0 bridgehead atoms. The number of aromatic nitrogens is 1. The Balaban J connectivity index is 1.43. The average Bonchev–Trinajstić information content (AvgIpc) is 2.52. The van der Waals surface area contributed by atoms with E-state index < -0.39 is 0 Å². The van der Waals surface area contributed by atoms with E-state index in [4.69, 9.17) is 0 Å². The number of aromatic amines is 1. The third kappa shape index (κ3) is 2.98. The largest absolute Gasteiger partial charge is 0.357 e. The molecule has 1 aromatic heterocycles. The van der Waals surface area contributed by atoms with Crippen LogP contribution in [-0.4, -0.2) is 46.5 Å². The molecular formula is C19H24FN3O. The third-order valence-electron chi connectivity index (χ3n) is 5.50. The van der Waals surface area contributed by atoms with Crippen molar-refractivity contribution in [3.63, 3.8) is 0 Å². The molecule has 4 nitrogen and oxygen atoms in total. The van der Waals surface area contributed by atoms with E-state index in [9.17, 15) is 9.18 Å². The molecule has 4 rings (SSSR count). The predicted octanol–water partition coefficient (Wildman–Crippen LogP) is 2.73. The van der Waals surface area contributed by atoms with Gasteiger partial charge >= 0.3 is 0 Å². The topological polar surface area (TPSA) is 39.3 Å². The molecule has 2 aliphatic heterocycles. The maximum atomic E-state index is 13.3. The van der Waals surface area contributed by atoms with Gasteiger partial charge in [-0.1, -0.05) is 6.42 Å². The van der Waals surface area contributed by atoms with Gasteiger partial charge in [-0.25, -0.2) is 4.39 Å². The number of hydrogen-bond donors (Lipinski definition) is 1. The molecule has 0 unspecified atom stereocenters. The number of fused-ring (bicyclic) bond motifs is 1. The lowest BCUT2D eigenvalue weighted by Crippen LogP contribution is -2.61. The van der Waals surface area contributed by atoms with Crippen molar-refractivity contribution in [3.8, 4) is 0 Å². The number of nitrogens with one attached hydrogen (secondary N) is 1. The number of pyridine rings is 1. The molecule has 1 atom stereocenters. The van der Waals surface area contributed by atoms with Gasteiger partial charge in [-0.05, 0) is 44.5 Å². The molecule has 24 heavy (non-hydrogen) atoms. The van der Waals surface area contributed by atoms with Crippen molar-refractivity contribution in [1.82, 2.24) is 14.8 Å². The van der Waals surface area contributed by atoms with Gasteiger partial charge in [0.05, 0.1) is 0 Å². The van der Waals surface area contributed by atoms with Crippen molar-refractivity contribution in [2.24, 2.45) is 0 Å². The van der Waals surface area contributed by atoms with Crippen LogP contribution in [0.15, 0.2) is 29.1 Å². The van der Waals surface area contributed by atoms with Crippen molar-refractivity contribution in [3.05, 3.63) is 46.0 Å². The Hall–Kier alpha value is -1.72. The first kappa shape index (κ1) is 15.8. The Morgan fingerprint density at radius 2 is 2.08 bits per heavy atom. The zero-order chi connectivity index (χ0) is 16.7. The minimum atomic E-state index is -0.373. The summed E-state index contributed by atoms with van der Waals surface area (Å²) in [6, 6.07) is 7.29. The standard InChI is InChI=1S/C19H24FN3O/c1-13-4-2-3-7-23(13)16-11-22(12-16)10-15-9-19(24)17-8-14(20)5-6-18(17)21-15/h5-6,8-9,13,16H,2-4,7,10-12H2,1H3,(H,21,24)/t13-/m1/s1. The van der Waals surface area contributed by atoms with Crippen LogP contribution < -0.4 is 5.43 Å². The van der Waals surface area contributed by atoms with Crippen molar-refractivity contribution in [2.45, 2.75) is 44.8 Å². The molecule has 0 spiro atoms. The molecule has 2 saturated heterocycles. The monoisotopic (exact) mass is 329 g/mol. The Morgan fingerprint density at radius 1 is 1.25 bits per heavy atom. The number of nitrogens with zero attached hydrogens (tertiary/aromatic N) is 2. The first-order valence-corrected chi connectivity index (χ1v) is 8.90.